The van der Waals surface area contributed by atoms with E-state index in [1.165, 1.54) is 11.8 Å². The lowest BCUT2D eigenvalue weighted by molar-refractivity contribution is -0.140. The van der Waals surface area contributed by atoms with Gasteiger partial charge in [-0.2, -0.15) is 0 Å². The summed E-state index contributed by atoms with van der Waals surface area (Å²) in [6.07, 6.45) is -0.0836. The zero-order valence-corrected chi connectivity index (χ0v) is 19.4. The van der Waals surface area contributed by atoms with E-state index in [0.717, 1.165) is 10.5 Å². The standard InChI is InChI=1S/C24H29NO5S/c1-6-30-20-13-17(9-12-19(20)29-5)22-24(23(27)28,14-21(26)25(22)15(2)3)31-18-10-7-16(4)8-11-18/h7-13,15,22H,6,14H2,1-5H3,(H,27,28)/t22-,24-/m1/s1. The number of hydrogen-bond acceptors (Lipinski definition) is 5. The molecule has 0 bridgehead atoms. The number of thioether (sulfide) groups is 1. The first-order valence-electron chi connectivity index (χ1n) is 10.3. The molecule has 0 aromatic heterocycles. The first kappa shape index (κ1) is 23.0. The number of carboxylic acids is 1. The third-order valence-corrected chi connectivity index (χ3v) is 6.88. The van der Waals surface area contributed by atoms with Crippen LogP contribution in [0.25, 0.3) is 0 Å². The Balaban J connectivity index is 2.17. The minimum atomic E-state index is -1.37. The van der Waals surface area contributed by atoms with Crippen molar-refractivity contribution in [2.24, 2.45) is 0 Å². The number of rotatable bonds is 8. The summed E-state index contributed by atoms with van der Waals surface area (Å²) in [5, 5.41) is 10.4. The molecule has 166 valence electrons. The van der Waals surface area contributed by atoms with Crippen LogP contribution in [0.4, 0.5) is 0 Å². The zero-order chi connectivity index (χ0) is 22.8. The van der Waals surface area contributed by atoms with Crippen LogP contribution in [0.5, 0.6) is 11.5 Å². The molecule has 1 aliphatic heterocycles. The van der Waals surface area contributed by atoms with Crippen LogP contribution in [0.15, 0.2) is 47.4 Å². The molecule has 0 unspecified atom stereocenters. The molecule has 0 aliphatic carbocycles. The molecule has 6 nitrogen and oxygen atoms in total. The fourth-order valence-corrected chi connectivity index (χ4v) is 5.41. The number of carbonyl (C=O) groups excluding carboxylic acids is 1. The van der Waals surface area contributed by atoms with Gasteiger partial charge in [0.25, 0.3) is 0 Å². The maximum atomic E-state index is 13.1. The highest BCUT2D eigenvalue weighted by Crippen LogP contribution is 2.54. The molecule has 3 rings (SSSR count). The molecule has 1 N–H and O–H groups in total. The van der Waals surface area contributed by atoms with Crippen molar-refractivity contribution in [2.75, 3.05) is 13.7 Å². The largest absolute Gasteiger partial charge is 0.493 e. The fraction of sp³-hybridized carbons (Fsp3) is 0.417. The van der Waals surface area contributed by atoms with E-state index < -0.39 is 16.8 Å². The van der Waals surface area contributed by atoms with Crippen molar-refractivity contribution in [1.29, 1.82) is 0 Å². The normalized spacial score (nSPS) is 20.9. The van der Waals surface area contributed by atoms with Gasteiger partial charge in [0, 0.05) is 10.9 Å². The van der Waals surface area contributed by atoms with Crippen molar-refractivity contribution in [3.63, 3.8) is 0 Å². The number of methoxy groups -OCH3 is 1. The maximum absolute atomic E-state index is 13.1. The van der Waals surface area contributed by atoms with Crippen molar-refractivity contribution in [3.8, 4) is 11.5 Å². The van der Waals surface area contributed by atoms with E-state index in [4.69, 9.17) is 9.47 Å². The summed E-state index contributed by atoms with van der Waals surface area (Å²) in [6.45, 7) is 8.12. The highest BCUT2D eigenvalue weighted by Gasteiger charge is 2.59. The number of carboxylic acid groups (broad SMARTS) is 1. The number of amides is 1. The molecular weight excluding hydrogens is 414 g/mol. The van der Waals surface area contributed by atoms with Crippen LogP contribution < -0.4 is 9.47 Å². The van der Waals surface area contributed by atoms with Crippen molar-refractivity contribution >= 4 is 23.6 Å². The van der Waals surface area contributed by atoms with Crippen molar-refractivity contribution < 1.29 is 24.2 Å². The van der Waals surface area contributed by atoms with Crippen LogP contribution in [-0.4, -0.2) is 46.4 Å². The number of benzene rings is 2. The second-order valence-corrected chi connectivity index (χ2v) is 9.33. The summed E-state index contributed by atoms with van der Waals surface area (Å²) >= 11 is 1.24. The first-order chi connectivity index (χ1) is 14.7. The number of likely N-dealkylation sites (tertiary alicyclic amines) is 1. The fourth-order valence-electron chi connectivity index (χ4n) is 4.07. The van der Waals surface area contributed by atoms with Gasteiger partial charge in [0.2, 0.25) is 5.91 Å². The van der Waals surface area contributed by atoms with Gasteiger partial charge in [0.05, 0.1) is 26.2 Å². The van der Waals surface area contributed by atoms with E-state index in [-0.39, 0.29) is 18.4 Å². The van der Waals surface area contributed by atoms with E-state index in [1.807, 2.05) is 58.0 Å². The molecule has 1 fully saturated rings. The van der Waals surface area contributed by atoms with Gasteiger partial charge in [-0.15, -0.1) is 11.8 Å². The molecule has 0 spiro atoms. The van der Waals surface area contributed by atoms with E-state index in [0.29, 0.717) is 23.7 Å². The Labute approximate surface area is 187 Å². The number of carbonyl (C=O) groups is 2. The van der Waals surface area contributed by atoms with Crippen LogP contribution in [0.3, 0.4) is 0 Å². The predicted molar refractivity (Wildman–Crippen MR) is 121 cm³/mol. The summed E-state index contributed by atoms with van der Waals surface area (Å²) in [5.74, 6) is -0.0764. The quantitative estimate of drug-likeness (QED) is 0.637. The third kappa shape index (κ3) is 4.37. The summed E-state index contributed by atoms with van der Waals surface area (Å²) < 4.78 is 9.75. The molecule has 2 aromatic rings. The van der Waals surface area contributed by atoms with Gasteiger partial charge >= 0.3 is 5.97 Å². The minimum Gasteiger partial charge on any atom is -0.493 e. The third-order valence-electron chi connectivity index (χ3n) is 5.46. The molecular formula is C24H29NO5S. The van der Waals surface area contributed by atoms with Gasteiger partial charge < -0.3 is 19.5 Å². The van der Waals surface area contributed by atoms with Crippen LogP contribution >= 0.6 is 11.8 Å². The molecule has 1 saturated heterocycles. The Morgan fingerprint density at radius 2 is 1.90 bits per heavy atom. The SMILES string of the molecule is CCOc1cc([C@H]2N(C(C)C)C(=O)C[C@]2(Sc2ccc(C)cc2)C(=O)O)ccc1OC. The Kier molecular flexibility index (Phi) is 6.84. The maximum Gasteiger partial charge on any atom is 0.323 e. The van der Waals surface area contributed by atoms with Gasteiger partial charge in [-0.05, 0) is 57.5 Å². The zero-order valence-electron chi connectivity index (χ0n) is 18.5. The van der Waals surface area contributed by atoms with Crippen LogP contribution in [0.1, 0.15) is 44.4 Å². The van der Waals surface area contributed by atoms with Crippen LogP contribution in [-0.2, 0) is 9.59 Å². The van der Waals surface area contributed by atoms with E-state index in [2.05, 4.69) is 0 Å². The molecule has 1 amide bonds. The second-order valence-electron chi connectivity index (χ2n) is 7.93. The van der Waals surface area contributed by atoms with E-state index in [9.17, 15) is 14.7 Å². The lowest BCUT2D eigenvalue weighted by Crippen LogP contribution is -2.43. The molecule has 0 saturated carbocycles. The lowest BCUT2D eigenvalue weighted by Gasteiger charge is -2.36. The van der Waals surface area contributed by atoms with Crippen LogP contribution in [0, 0.1) is 6.92 Å². The van der Waals surface area contributed by atoms with Crippen LogP contribution in [0.2, 0.25) is 0 Å². The predicted octanol–water partition coefficient (Wildman–Crippen LogP) is 4.70. The first-order valence-corrected chi connectivity index (χ1v) is 11.2. The molecule has 7 heteroatoms. The number of ether oxygens (including phenoxy) is 2. The van der Waals surface area contributed by atoms with Gasteiger partial charge in [-0.3, -0.25) is 9.59 Å². The lowest BCUT2D eigenvalue weighted by atomic mass is 9.92. The van der Waals surface area contributed by atoms with E-state index >= 15 is 0 Å². The number of hydrogen-bond donors (Lipinski definition) is 1. The smallest absolute Gasteiger partial charge is 0.323 e. The van der Waals surface area contributed by atoms with Gasteiger partial charge in [-0.25, -0.2) is 0 Å². The van der Waals surface area contributed by atoms with E-state index in [1.54, 1.807) is 24.1 Å². The minimum absolute atomic E-state index is 0.0836. The van der Waals surface area contributed by atoms with Crippen molar-refractivity contribution in [2.45, 2.75) is 55.8 Å². The average molecular weight is 444 g/mol. The molecule has 1 heterocycles. The Morgan fingerprint density at radius 1 is 1.23 bits per heavy atom. The molecule has 0 radical (unpaired) electrons. The summed E-state index contributed by atoms with van der Waals surface area (Å²) in [5.41, 5.74) is 1.80. The Hall–Kier alpha value is -2.67. The monoisotopic (exact) mass is 443 g/mol. The van der Waals surface area contributed by atoms with Crippen molar-refractivity contribution in [3.05, 3.63) is 53.6 Å². The number of aliphatic carboxylic acids is 1. The molecule has 31 heavy (non-hydrogen) atoms. The summed E-state index contributed by atoms with van der Waals surface area (Å²) in [4.78, 5) is 28.4. The van der Waals surface area contributed by atoms with Gasteiger partial charge in [-0.1, -0.05) is 23.8 Å². The average Bonchev–Trinajstić information content (AvgIpc) is 3.03. The number of nitrogens with zero attached hydrogens (tertiary/aromatic N) is 1. The highest BCUT2D eigenvalue weighted by molar-refractivity contribution is 8.01. The number of aryl methyl sites for hydroxylation is 1. The Bertz CT molecular complexity index is 959. The summed E-state index contributed by atoms with van der Waals surface area (Å²) in [6, 6.07) is 12.3. The highest BCUT2D eigenvalue weighted by atomic mass is 32.2. The topological polar surface area (TPSA) is 76.1 Å². The summed E-state index contributed by atoms with van der Waals surface area (Å²) in [7, 11) is 1.56. The molecule has 1 aliphatic rings. The molecule has 2 atom stereocenters. The second kappa shape index (κ2) is 9.22. The van der Waals surface area contributed by atoms with Crippen molar-refractivity contribution in [1.82, 2.24) is 4.90 Å². The van der Waals surface area contributed by atoms with Gasteiger partial charge in [0.15, 0.2) is 16.2 Å². The Morgan fingerprint density at radius 3 is 2.45 bits per heavy atom. The molecule has 2 aromatic carbocycles. The van der Waals surface area contributed by atoms with Gasteiger partial charge in [0.1, 0.15) is 0 Å².